The second kappa shape index (κ2) is 2.89. The molecule has 0 spiro atoms. The molecule has 2 heteroatoms. The van der Waals surface area contributed by atoms with E-state index in [1.54, 1.807) is 0 Å². The molecule has 0 unspecified atom stereocenters. The van der Waals surface area contributed by atoms with Gasteiger partial charge in [0, 0.05) is 5.41 Å². The minimum absolute atomic E-state index is 0.315. The summed E-state index contributed by atoms with van der Waals surface area (Å²) in [4.78, 5) is 0. The van der Waals surface area contributed by atoms with E-state index in [4.69, 9.17) is 0 Å². The first-order chi connectivity index (χ1) is 1.91. The molecule has 0 atom stereocenters. The molecule has 0 fully saturated rings. The lowest BCUT2D eigenvalue weighted by Crippen LogP contribution is -1.15. The summed E-state index contributed by atoms with van der Waals surface area (Å²) >= 11 is 4.00. The Labute approximate surface area is 29.7 Å². The third-order valence-corrected chi connectivity index (χ3v) is 0.154. The van der Waals surface area contributed by atoms with Crippen LogP contribution in [0.2, 0.25) is 0 Å². The lowest BCUT2D eigenvalue weighted by atomic mass is 11.2. The highest BCUT2D eigenvalue weighted by molar-refractivity contribution is 7.83. The van der Waals surface area contributed by atoms with Gasteiger partial charge in [-0.2, -0.15) is 0 Å². The second-order valence-corrected chi connectivity index (χ2v) is 0.534. The lowest BCUT2D eigenvalue weighted by molar-refractivity contribution is 0.724. The molecule has 0 saturated carbocycles. The van der Waals surface area contributed by atoms with Gasteiger partial charge in [-0.3, -0.25) is 0 Å². The fourth-order valence-corrected chi connectivity index (χ4v) is 0. The van der Waals surface area contributed by atoms with Crippen LogP contribution in [0.1, 0.15) is 0 Å². The van der Waals surface area contributed by atoms with Crippen molar-refractivity contribution in [2.24, 2.45) is 0 Å². The number of rotatable bonds is 0. The maximum atomic E-state index is 10.4. The highest BCUT2D eigenvalue weighted by Crippen LogP contribution is 1.72. The maximum absolute atomic E-state index is 10.4. The second-order valence-electron chi connectivity index (χ2n) is 0.262. The van der Waals surface area contributed by atoms with E-state index >= 15 is 0 Å². The predicted molar refractivity (Wildman–Crippen MR) is 17.8 cm³/mol. The first-order valence-electron chi connectivity index (χ1n) is 0.787. The van der Waals surface area contributed by atoms with Gasteiger partial charge in [-0.25, -0.2) is 4.39 Å². The summed E-state index contributed by atoms with van der Waals surface area (Å²) in [6.07, 6.45) is 0.315. The van der Waals surface area contributed by atoms with Crippen molar-refractivity contribution in [2.45, 2.75) is 0 Å². The van der Waals surface area contributed by atoms with Crippen LogP contribution in [0.4, 0.5) is 4.39 Å². The zero-order valence-corrected chi connectivity index (χ0v) is 2.76. The molecule has 0 aliphatic rings. The normalized spacial score (nSPS) is 9.25. The Hall–Kier alpha value is -0.110. The van der Waals surface area contributed by atoms with Crippen molar-refractivity contribution in [3.8, 4) is 0 Å². The van der Waals surface area contributed by atoms with E-state index in [1.807, 2.05) is 0 Å². The van der Waals surface area contributed by atoms with E-state index < -0.39 is 0 Å². The van der Waals surface area contributed by atoms with Gasteiger partial charge in [-0.1, -0.05) is 12.6 Å². The van der Waals surface area contributed by atoms with Crippen LogP contribution in [0.25, 0.3) is 0 Å². The van der Waals surface area contributed by atoms with Gasteiger partial charge in [0.05, 0.1) is 6.33 Å². The highest BCUT2D eigenvalue weighted by atomic mass is 32.1. The topological polar surface area (TPSA) is 0 Å². The van der Waals surface area contributed by atoms with E-state index in [0.717, 1.165) is 5.41 Å². The summed E-state index contributed by atoms with van der Waals surface area (Å²) in [5.74, 6) is 0. The third-order valence-electron chi connectivity index (χ3n) is 0.0514. The van der Waals surface area contributed by atoms with Crippen LogP contribution in [-0.4, -0.2) is 0 Å². The first-order valence-corrected chi connectivity index (χ1v) is 1.26. The Morgan fingerprint density at radius 2 is 2.00 bits per heavy atom. The number of hydrogen-bond donors (Lipinski definition) is 0. The maximum Gasteiger partial charge on any atom is 0.0974 e. The van der Waals surface area contributed by atoms with Gasteiger partial charge in [-0.15, -0.1) is 0 Å². The average Bonchev–Trinajstić information content (AvgIpc) is 1.37. The number of halogens is 1. The molecule has 0 aromatic heterocycles. The molecule has 0 amide bonds. The summed E-state index contributed by atoms with van der Waals surface area (Å²) in [6.45, 7) is 0. The minimum atomic E-state index is 0.315. The van der Waals surface area contributed by atoms with E-state index in [-0.39, 0.29) is 0 Å². The lowest BCUT2D eigenvalue weighted by Gasteiger charge is -1.43. The van der Waals surface area contributed by atoms with Crippen molar-refractivity contribution in [2.75, 3.05) is 0 Å². The molecule has 0 nitrogen and oxygen atoms in total. The summed E-state index contributed by atoms with van der Waals surface area (Å²) in [6, 6.07) is 0. The Kier molecular flexibility index (Phi) is 2.81. The van der Waals surface area contributed by atoms with Crippen molar-refractivity contribution in [1.29, 1.82) is 0 Å². The van der Waals surface area contributed by atoms with Crippen LogP contribution in [0, 0.1) is 0 Å². The summed E-state index contributed by atoms with van der Waals surface area (Å²) in [7, 11) is 0. The van der Waals surface area contributed by atoms with Gasteiger partial charge in [0.25, 0.3) is 0 Å². The van der Waals surface area contributed by atoms with Crippen molar-refractivity contribution < 1.29 is 4.39 Å². The van der Waals surface area contributed by atoms with Gasteiger partial charge < -0.3 is 0 Å². The summed E-state index contributed by atoms with van der Waals surface area (Å²) < 4.78 is 10.4. The molecule has 23 valence electrons. The monoisotopic (exact) mass is 77.0 g/mol. The molecule has 4 heavy (non-hydrogen) atoms. The molecule has 0 aliphatic heterocycles. The molecule has 0 aromatic carbocycles. The van der Waals surface area contributed by atoms with Gasteiger partial charge in [-0.05, 0) is 0 Å². The molecule has 0 aromatic rings. The van der Waals surface area contributed by atoms with E-state index in [9.17, 15) is 4.39 Å². The van der Waals surface area contributed by atoms with Crippen LogP contribution >= 0.6 is 12.6 Å². The Bertz CT molecular complexity index is 21.2. The van der Waals surface area contributed by atoms with E-state index in [0.29, 0.717) is 6.33 Å². The van der Waals surface area contributed by atoms with Crippen LogP contribution in [0.3, 0.4) is 0 Å². The van der Waals surface area contributed by atoms with E-state index in [2.05, 4.69) is 12.6 Å². The molecule has 0 aliphatic carbocycles. The van der Waals surface area contributed by atoms with Crippen molar-refractivity contribution in [3.63, 3.8) is 0 Å². The number of hydrogen-bond acceptors (Lipinski definition) is 0. The molecule has 0 bridgehead atoms. The summed E-state index contributed by atoms with van der Waals surface area (Å²) in [5.41, 5.74) is 0. The zero-order chi connectivity index (χ0) is 3.41. The highest BCUT2D eigenvalue weighted by Gasteiger charge is 1.41. The fourth-order valence-electron chi connectivity index (χ4n) is 0. The van der Waals surface area contributed by atoms with Crippen LogP contribution in [0.5, 0.6) is 0 Å². The zero-order valence-electron chi connectivity index (χ0n) is 1.94. The molecule has 0 rings (SSSR count). The van der Waals surface area contributed by atoms with Crippen LogP contribution in [-0.2, 0) is 0 Å². The van der Waals surface area contributed by atoms with Crippen LogP contribution < -0.4 is 0 Å². The standard InChI is InChI=1S/C2H2FS/c3-1-2-4/h1-2H. The van der Waals surface area contributed by atoms with Crippen LogP contribution in [0.15, 0.2) is 11.7 Å². The largest absolute Gasteiger partial charge is 0.215 e. The van der Waals surface area contributed by atoms with Crippen molar-refractivity contribution in [3.05, 3.63) is 11.7 Å². The minimum Gasteiger partial charge on any atom is -0.215 e. The molecule has 0 saturated heterocycles. The van der Waals surface area contributed by atoms with E-state index in [1.165, 1.54) is 0 Å². The quantitative estimate of drug-likeness (QED) is 0.412. The third kappa shape index (κ3) is 1.89. The Balaban J connectivity index is 2.55. The van der Waals surface area contributed by atoms with Gasteiger partial charge in [0.2, 0.25) is 0 Å². The van der Waals surface area contributed by atoms with Gasteiger partial charge in [0.15, 0.2) is 0 Å². The molecule has 0 N–H and O–H groups in total. The fraction of sp³-hybridized carbons (Fsp3) is 0. The molecule has 1 radical (unpaired) electrons. The van der Waals surface area contributed by atoms with Crippen molar-refractivity contribution >= 4 is 12.6 Å². The molecular formula is C2H2FS. The SMILES string of the molecule is FC=C[S]. The van der Waals surface area contributed by atoms with Crippen molar-refractivity contribution in [1.82, 2.24) is 0 Å². The predicted octanol–water partition coefficient (Wildman–Crippen LogP) is 1.62. The Morgan fingerprint density at radius 3 is 2.00 bits per heavy atom. The summed E-state index contributed by atoms with van der Waals surface area (Å²) in [5, 5.41) is 0.917. The van der Waals surface area contributed by atoms with Gasteiger partial charge in [0.1, 0.15) is 0 Å². The molecule has 0 heterocycles. The average molecular weight is 77.1 g/mol. The first kappa shape index (κ1) is 3.89. The molecular weight excluding hydrogens is 75.1 g/mol. The van der Waals surface area contributed by atoms with Gasteiger partial charge >= 0.3 is 0 Å². The Morgan fingerprint density at radius 1 is 1.75 bits per heavy atom. The smallest absolute Gasteiger partial charge is 0.0974 e.